The monoisotopic (exact) mass is 329 g/mol. The van der Waals surface area contributed by atoms with Crippen molar-refractivity contribution >= 4 is 17.7 Å². The molecule has 1 N–H and O–H groups in total. The van der Waals surface area contributed by atoms with Crippen molar-refractivity contribution < 1.29 is 9.90 Å². The largest absolute Gasteiger partial charge is 0.481 e. The van der Waals surface area contributed by atoms with Gasteiger partial charge in [-0.05, 0) is 25.1 Å². The first-order valence-electron chi connectivity index (χ1n) is 7.08. The van der Waals surface area contributed by atoms with Gasteiger partial charge in [0.1, 0.15) is 5.69 Å². The van der Waals surface area contributed by atoms with Crippen molar-refractivity contribution in [2.45, 2.75) is 18.6 Å². The number of aliphatic carboxylic acids is 1. The summed E-state index contributed by atoms with van der Waals surface area (Å²) in [6, 6.07) is 11.5. The van der Waals surface area contributed by atoms with Crippen LogP contribution in [0.4, 0.5) is 0 Å². The Morgan fingerprint density at radius 3 is 2.65 bits per heavy atom. The summed E-state index contributed by atoms with van der Waals surface area (Å²) in [6.45, 7) is 2.77. The molecule has 0 bridgehead atoms. The molecule has 0 saturated heterocycles. The highest BCUT2D eigenvalue weighted by Crippen LogP contribution is 2.26. The van der Waals surface area contributed by atoms with E-state index in [0.717, 1.165) is 24.0 Å². The highest BCUT2D eigenvalue weighted by Gasteiger charge is 2.18. The van der Waals surface area contributed by atoms with Gasteiger partial charge in [-0.1, -0.05) is 30.0 Å². The minimum Gasteiger partial charge on any atom is -0.481 e. The van der Waals surface area contributed by atoms with Crippen molar-refractivity contribution in [3.05, 3.63) is 42.6 Å². The van der Waals surface area contributed by atoms with Gasteiger partial charge < -0.3 is 5.11 Å². The van der Waals surface area contributed by atoms with Crippen molar-refractivity contribution in [1.29, 1.82) is 0 Å². The fraction of sp³-hybridized carbons (Fsp3) is 0.200. The SMILES string of the molecule is CCn1ccc(-c2nnc(SCC(=O)O)n2-c2ccccc2)n1. The first-order valence-corrected chi connectivity index (χ1v) is 8.07. The van der Waals surface area contributed by atoms with E-state index in [-0.39, 0.29) is 5.75 Å². The van der Waals surface area contributed by atoms with Gasteiger partial charge in [0.2, 0.25) is 0 Å². The summed E-state index contributed by atoms with van der Waals surface area (Å²) in [5, 5.41) is 22.2. The molecule has 0 aliphatic rings. The minimum absolute atomic E-state index is 0.0750. The van der Waals surface area contributed by atoms with Crippen LogP contribution in [0.25, 0.3) is 17.2 Å². The smallest absolute Gasteiger partial charge is 0.313 e. The summed E-state index contributed by atoms with van der Waals surface area (Å²) in [4.78, 5) is 10.8. The molecule has 2 aromatic heterocycles. The normalized spacial score (nSPS) is 10.8. The van der Waals surface area contributed by atoms with Gasteiger partial charge >= 0.3 is 5.97 Å². The van der Waals surface area contributed by atoms with Crippen LogP contribution in [0.15, 0.2) is 47.8 Å². The van der Waals surface area contributed by atoms with E-state index in [9.17, 15) is 4.79 Å². The lowest BCUT2D eigenvalue weighted by atomic mass is 10.3. The highest BCUT2D eigenvalue weighted by atomic mass is 32.2. The van der Waals surface area contributed by atoms with Crippen LogP contribution in [0.2, 0.25) is 0 Å². The topological polar surface area (TPSA) is 85.8 Å². The van der Waals surface area contributed by atoms with E-state index in [1.807, 2.05) is 58.8 Å². The quantitative estimate of drug-likeness (QED) is 0.699. The summed E-state index contributed by atoms with van der Waals surface area (Å²) < 4.78 is 3.64. The molecule has 7 nitrogen and oxygen atoms in total. The molecular weight excluding hydrogens is 314 g/mol. The molecule has 0 aliphatic heterocycles. The highest BCUT2D eigenvalue weighted by molar-refractivity contribution is 7.99. The first-order chi connectivity index (χ1) is 11.2. The number of thioether (sulfide) groups is 1. The van der Waals surface area contributed by atoms with Crippen molar-refractivity contribution in [2.24, 2.45) is 0 Å². The second-order valence-electron chi connectivity index (χ2n) is 4.72. The molecule has 3 rings (SSSR count). The summed E-state index contributed by atoms with van der Waals surface area (Å²) in [5.41, 5.74) is 1.57. The number of hydrogen-bond acceptors (Lipinski definition) is 5. The van der Waals surface area contributed by atoms with E-state index in [2.05, 4.69) is 15.3 Å². The number of hydrogen-bond donors (Lipinski definition) is 1. The predicted octanol–water partition coefficient (Wildman–Crippen LogP) is 2.33. The van der Waals surface area contributed by atoms with Gasteiger partial charge in [0.05, 0.1) is 5.75 Å². The molecule has 0 atom stereocenters. The van der Waals surface area contributed by atoms with Crippen LogP contribution in [0.3, 0.4) is 0 Å². The summed E-state index contributed by atoms with van der Waals surface area (Å²) in [7, 11) is 0. The number of nitrogens with zero attached hydrogens (tertiary/aromatic N) is 5. The van der Waals surface area contributed by atoms with Crippen LogP contribution in [0.1, 0.15) is 6.92 Å². The fourth-order valence-corrected chi connectivity index (χ4v) is 2.79. The average molecular weight is 329 g/mol. The third-order valence-electron chi connectivity index (χ3n) is 3.17. The standard InChI is InChI=1S/C15H15N5O2S/c1-2-19-9-8-12(18-19)14-16-17-15(23-10-13(21)22)20(14)11-6-4-3-5-7-11/h3-9H,2,10H2,1H3,(H,21,22). The molecule has 0 radical (unpaired) electrons. The molecule has 0 aliphatic carbocycles. The minimum atomic E-state index is -0.894. The molecule has 0 spiro atoms. The number of carboxylic acids is 1. The lowest BCUT2D eigenvalue weighted by Gasteiger charge is -2.08. The molecule has 0 unspecified atom stereocenters. The number of aryl methyl sites for hydroxylation is 1. The van der Waals surface area contributed by atoms with Crippen LogP contribution in [-0.2, 0) is 11.3 Å². The molecule has 23 heavy (non-hydrogen) atoms. The summed E-state index contributed by atoms with van der Waals surface area (Å²) in [5.74, 6) is -0.375. The van der Waals surface area contributed by atoms with Gasteiger partial charge in [0.25, 0.3) is 0 Å². The number of aromatic nitrogens is 5. The van der Waals surface area contributed by atoms with Gasteiger partial charge in [-0.2, -0.15) is 5.10 Å². The lowest BCUT2D eigenvalue weighted by molar-refractivity contribution is -0.133. The number of rotatable bonds is 6. The fourth-order valence-electron chi connectivity index (χ4n) is 2.12. The van der Waals surface area contributed by atoms with Crippen LogP contribution in [-0.4, -0.2) is 41.4 Å². The summed E-state index contributed by atoms with van der Waals surface area (Å²) >= 11 is 1.13. The summed E-state index contributed by atoms with van der Waals surface area (Å²) in [6.07, 6.45) is 1.88. The van der Waals surface area contributed by atoms with Crippen LogP contribution in [0.5, 0.6) is 0 Å². The molecular formula is C15H15N5O2S. The molecule has 0 amide bonds. The second kappa shape index (κ2) is 6.66. The van der Waals surface area contributed by atoms with Crippen LogP contribution in [0, 0.1) is 0 Å². The third-order valence-corrected chi connectivity index (χ3v) is 4.08. The Morgan fingerprint density at radius 1 is 1.22 bits per heavy atom. The Bertz CT molecular complexity index is 812. The van der Waals surface area contributed by atoms with E-state index < -0.39 is 5.97 Å². The number of para-hydroxylation sites is 1. The van der Waals surface area contributed by atoms with Crippen molar-refractivity contribution in [1.82, 2.24) is 24.5 Å². The maximum absolute atomic E-state index is 10.8. The lowest BCUT2D eigenvalue weighted by Crippen LogP contribution is -2.03. The predicted molar refractivity (Wildman–Crippen MR) is 86.6 cm³/mol. The molecule has 0 fully saturated rings. The Labute approximate surface area is 137 Å². The maximum Gasteiger partial charge on any atom is 0.313 e. The van der Waals surface area contributed by atoms with Gasteiger partial charge in [-0.25, -0.2) is 0 Å². The van der Waals surface area contributed by atoms with Crippen molar-refractivity contribution in [2.75, 3.05) is 5.75 Å². The molecule has 118 valence electrons. The zero-order valence-corrected chi connectivity index (χ0v) is 13.3. The van der Waals surface area contributed by atoms with E-state index >= 15 is 0 Å². The van der Waals surface area contributed by atoms with E-state index in [1.54, 1.807) is 0 Å². The van der Waals surface area contributed by atoms with Crippen LogP contribution >= 0.6 is 11.8 Å². The van der Waals surface area contributed by atoms with Gasteiger partial charge in [-0.15, -0.1) is 10.2 Å². The van der Waals surface area contributed by atoms with Gasteiger partial charge in [0, 0.05) is 18.4 Å². The van der Waals surface area contributed by atoms with Crippen molar-refractivity contribution in [3.63, 3.8) is 0 Å². The van der Waals surface area contributed by atoms with E-state index in [4.69, 9.17) is 5.11 Å². The van der Waals surface area contributed by atoms with Gasteiger partial charge in [0.15, 0.2) is 11.0 Å². The van der Waals surface area contributed by atoms with E-state index in [0.29, 0.717) is 16.7 Å². The first kappa shape index (κ1) is 15.3. The number of carbonyl (C=O) groups is 1. The Hall–Kier alpha value is -2.61. The Balaban J connectivity index is 2.07. The third kappa shape index (κ3) is 3.26. The molecule has 8 heteroatoms. The average Bonchev–Trinajstić information content (AvgIpc) is 3.20. The molecule has 3 aromatic rings. The van der Waals surface area contributed by atoms with Gasteiger partial charge in [-0.3, -0.25) is 14.0 Å². The maximum atomic E-state index is 10.8. The molecule has 2 heterocycles. The second-order valence-corrected chi connectivity index (χ2v) is 5.66. The molecule has 1 aromatic carbocycles. The zero-order valence-electron chi connectivity index (χ0n) is 12.5. The van der Waals surface area contributed by atoms with Crippen LogP contribution < -0.4 is 0 Å². The Morgan fingerprint density at radius 2 is 2.00 bits per heavy atom. The molecule has 0 saturated carbocycles. The zero-order chi connectivity index (χ0) is 16.2. The van der Waals surface area contributed by atoms with E-state index in [1.165, 1.54) is 0 Å². The Kier molecular flexibility index (Phi) is 4.42. The number of benzene rings is 1. The number of carboxylic acid groups (broad SMARTS) is 1. The van der Waals surface area contributed by atoms with Crippen molar-refractivity contribution in [3.8, 4) is 17.2 Å².